The first-order valence-corrected chi connectivity index (χ1v) is 30.8. The quantitative estimate of drug-likeness (QED) is 0.157. The molecule has 0 radical (unpaired) electrons. The second-order valence-corrected chi connectivity index (χ2v) is 28.1. The fourth-order valence-electron chi connectivity index (χ4n) is 13.6. The van der Waals surface area contributed by atoms with Gasteiger partial charge >= 0.3 is 0 Å². The van der Waals surface area contributed by atoms with Crippen LogP contribution in [0.25, 0.3) is 127 Å². The lowest BCUT2D eigenvalue weighted by Gasteiger charge is -2.27. The lowest BCUT2D eigenvalue weighted by atomic mass is 9.79. The van der Waals surface area contributed by atoms with Crippen molar-refractivity contribution < 1.29 is 0 Å². The molecule has 0 saturated carbocycles. The van der Waals surface area contributed by atoms with Crippen LogP contribution in [0, 0.1) is 11.3 Å². The van der Waals surface area contributed by atoms with Crippen molar-refractivity contribution in [1.82, 2.24) is 13.7 Å². The highest BCUT2D eigenvalue weighted by Crippen LogP contribution is 2.53. The van der Waals surface area contributed by atoms with Crippen molar-refractivity contribution in [3.8, 4) is 67.6 Å². The molecule has 0 atom stereocenters. The van der Waals surface area contributed by atoms with E-state index in [9.17, 15) is 5.26 Å². The predicted octanol–water partition coefficient (Wildman–Crippen LogP) is 22.7. The number of hydrogen-bond acceptors (Lipinski definition) is 1. The van der Waals surface area contributed by atoms with Gasteiger partial charge < -0.3 is 13.7 Å². The molecule has 87 heavy (non-hydrogen) atoms. The number of nitrogens with zero attached hydrogens (tertiary/aromatic N) is 4. The van der Waals surface area contributed by atoms with Gasteiger partial charge in [0.2, 0.25) is 0 Å². The Hall–Kier alpha value is -9.69. The molecule has 14 rings (SSSR count). The summed E-state index contributed by atoms with van der Waals surface area (Å²) in [6.45, 7) is 27.7. The van der Waals surface area contributed by atoms with Crippen LogP contribution in [0.3, 0.4) is 0 Å². The Balaban J connectivity index is 1.17. The van der Waals surface area contributed by atoms with Gasteiger partial charge in [0.1, 0.15) is 6.07 Å². The van der Waals surface area contributed by atoms with E-state index < -0.39 is 0 Å². The van der Waals surface area contributed by atoms with Gasteiger partial charge in [-0.25, -0.2) is 0 Å². The van der Waals surface area contributed by atoms with Crippen LogP contribution in [-0.4, -0.2) is 13.7 Å². The summed E-state index contributed by atoms with van der Waals surface area (Å²) in [5, 5.41) is 19.2. The maximum atomic E-state index is 11.9. The molecule has 3 heterocycles. The summed E-state index contributed by atoms with van der Waals surface area (Å²) >= 11 is 0. The summed E-state index contributed by atoms with van der Waals surface area (Å²) in [5.41, 5.74) is 23.5. The Morgan fingerprint density at radius 1 is 0.264 bits per heavy atom. The minimum atomic E-state index is -0.0355. The highest BCUT2D eigenvalue weighted by Gasteiger charge is 2.32. The van der Waals surface area contributed by atoms with Gasteiger partial charge in [-0.2, -0.15) is 5.26 Å². The number of rotatable bonds is 7. The van der Waals surface area contributed by atoms with Gasteiger partial charge in [-0.1, -0.05) is 229 Å². The molecule has 0 aliphatic heterocycles. The minimum Gasteiger partial charge on any atom is -0.309 e. The zero-order chi connectivity index (χ0) is 60.5. The van der Waals surface area contributed by atoms with Crippen molar-refractivity contribution >= 4 is 65.4 Å². The molecule has 0 unspecified atom stereocenters. The Kier molecular flexibility index (Phi) is 12.8. The molecule has 0 saturated heterocycles. The van der Waals surface area contributed by atoms with Crippen LogP contribution in [0.5, 0.6) is 0 Å². The third-order valence-corrected chi connectivity index (χ3v) is 18.3. The van der Waals surface area contributed by atoms with Gasteiger partial charge in [0.25, 0.3) is 0 Å². The van der Waals surface area contributed by atoms with Crippen LogP contribution in [0.4, 0.5) is 0 Å². The lowest BCUT2D eigenvalue weighted by molar-refractivity contribution is 0.590. The summed E-state index contributed by atoms with van der Waals surface area (Å²) in [7, 11) is 0. The zero-order valence-corrected chi connectivity index (χ0v) is 52.2. The van der Waals surface area contributed by atoms with E-state index >= 15 is 0 Å². The molecule has 0 N–H and O–H groups in total. The molecule has 4 nitrogen and oxygen atoms in total. The molecule has 0 fully saturated rings. The van der Waals surface area contributed by atoms with E-state index in [1.54, 1.807) is 0 Å². The van der Waals surface area contributed by atoms with E-state index in [2.05, 4.69) is 333 Å². The first-order chi connectivity index (χ1) is 41.7. The Morgan fingerprint density at radius 2 is 0.506 bits per heavy atom. The van der Waals surface area contributed by atoms with E-state index in [1.165, 1.54) is 65.9 Å². The van der Waals surface area contributed by atoms with E-state index in [4.69, 9.17) is 0 Å². The molecule has 0 spiro atoms. The lowest BCUT2D eigenvalue weighted by Crippen LogP contribution is -2.10. The fraction of sp³-hybridized carbons (Fsp3) is 0.193. The normalized spacial score (nSPS) is 12.6. The summed E-state index contributed by atoms with van der Waals surface area (Å²) in [6, 6.07) is 88.3. The third-order valence-electron chi connectivity index (χ3n) is 18.3. The molecule has 0 bridgehead atoms. The van der Waals surface area contributed by atoms with Crippen LogP contribution in [0.2, 0.25) is 0 Å². The molecule has 0 amide bonds. The Labute approximate surface area is 512 Å². The maximum Gasteiger partial charge on any atom is 0.100 e. The van der Waals surface area contributed by atoms with Gasteiger partial charge in [0.05, 0.1) is 44.4 Å². The van der Waals surface area contributed by atoms with Gasteiger partial charge in [-0.3, -0.25) is 0 Å². The monoisotopic (exact) mass is 1130 g/mol. The van der Waals surface area contributed by atoms with Crippen LogP contribution >= 0.6 is 0 Å². The maximum absolute atomic E-state index is 11.9. The third kappa shape index (κ3) is 9.17. The molecular formula is C83H74N4. The average Bonchev–Trinajstić information content (AvgIpc) is 1.69. The fourth-order valence-corrected chi connectivity index (χ4v) is 13.6. The van der Waals surface area contributed by atoms with Crippen LogP contribution in [0.15, 0.2) is 231 Å². The summed E-state index contributed by atoms with van der Waals surface area (Å²) in [4.78, 5) is 0. The second kappa shape index (κ2) is 20.2. The number of fused-ring (bicyclic) bond motifs is 9. The van der Waals surface area contributed by atoms with Gasteiger partial charge in [0, 0.05) is 65.9 Å². The van der Waals surface area contributed by atoms with Crippen LogP contribution < -0.4 is 0 Å². The molecule has 426 valence electrons. The van der Waals surface area contributed by atoms with Crippen molar-refractivity contribution in [2.75, 3.05) is 0 Å². The highest BCUT2D eigenvalue weighted by molar-refractivity contribution is 6.17. The van der Waals surface area contributed by atoms with E-state index in [0.29, 0.717) is 5.56 Å². The smallest absolute Gasteiger partial charge is 0.100 e. The van der Waals surface area contributed by atoms with Gasteiger partial charge in [-0.05, 0) is 151 Å². The van der Waals surface area contributed by atoms with Crippen molar-refractivity contribution in [3.63, 3.8) is 0 Å². The zero-order valence-electron chi connectivity index (χ0n) is 52.2. The number of nitriles is 1. The minimum absolute atomic E-state index is 0.0355. The van der Waals surface area contributed by atoms with E-state index in [-0.39, 0.29) is 21.7 Å². The van der Waals surface area contributed by atoms with Crippen molar-refractivity contribution in [1.29, 1.82) is 5.26 Å². The van der Waals surface area contributed by atoms with Crippen molar-refractivity contribution in [2.45, 2.75) is 105 Å². The summed E-state index contributed by atoms with van der Waals surface area (Å²) < 4.78 is 7.53. The summed E-state index contributed by atoms with van der Waals surface area (Å²) in [6.07, 6.45) is 0. The van der Waals surface area contributed by atoms with Crippen molar-refractivity contribution in [3.05, 3.63) is 258 Å². The molecule has 0 aliphatic carbocycles. The largest absolute Gasteiger partial charge is 0.309 e. The first kappa shape index (κ1) is 55.2. The first-order valence-electron chi connectivity index (χ1n) is 30.8. The molecule has 14 aromatic rings. The molecule has 0 aliphatic rings. The standard InChI is InChI=1S/C83H74N4/c1-80(2,3)56-33-39-69-62(45-56)63-46-57(81(4,5)6)34-40-70(63)85(69)60-37-43-73-66(49-60)67-50-61(86-71-41-35-58(82(7,8)9)47-64(71)65-48-59(83(10,11)12)36-42-72(65)86)38-44-74(67)87(73)79-77(54-29-21-15-22-30-54)75(52-25-17-13-18-26-52)68(51-84)76(53-27-19-14-20-28-53)78(79)55-31-23-16-24-32-55/h13-50H,1-12H3. The number of benzene rings is 11. The number of hydrogen-bond donors (Lipinski definition) is 0. The molecule has 3 aromatic heterocycles. The van der Waals surface area contributed by atoms with Gasteiger partial charge in [-0.15, -0.1) is 0 Å². The van der Waals surface area contributed by atoms with Crippen LogP contribution in [0.1, 0.15) is 111 Å². The van der Waals surface area contributed by atoms with E-state index in [0.717, 1.165) is 83.4 Å². The number of aromatic nitrogens is 3. The summed E-state index contributed by atoms with van der Waals surface area (Å²) in [5.74, 6) is 0. The molecule has 4 heteroatoms. The van der Waals surface area contributed by atoms with Gasteiger partial charge in [0.15, 0.2) is 0 Å². The topological polar surface area (TPSA) is 38.6 Å². The Bertz CT molecular complexity index is 4640. The predicted molar refractivity (Wildman–Crippen MR) is 371 cm³/mol. The Morgan fingerprint density at radius 3 is 0.770 bits per heavy atom. The SMILES string of the molecule is CC(C)(C)c1ccc2c(c1)c1cc(C(C)(C)C)ccc1n2-c1ccc2c(c1)c1cc(-n3c4ccc(C(C)(C)C)cc4c4cc(C(C)(C)C)ccc43)ccc1n2-c1c(-c2ccccc2)c(-c2ccccc2)c(C#N)c(-c2ccccc2)c1-c1ccccc1. The van der Waals surface area contributed by atoms with E-state index in [1.807, 2.05) is 0 Å². The van der Waals surface area contributed by atoms with Crippen molar-refractivity contribution in [2.24, 2.45) is 0 Å². The second-order valence-electron chi connectivity index (χ2n) is 28.1. The van der Waals surface area contributed by atoms with Crippen LogP contribution in [-0.2, 0) is 21.7 Å². The highest BCUT2D eigenvalue weighted by atomic mass is 15.0. The average molecular weight is 1130 g/mol. The molecular weight excluding hydrogens is 1050 g/mol. The molecule has 11 aromatic carbocycles.